The van der Waals surface area contributed by atoms with Crippen molar-refractivity contribution in [2.75, 3.05) is 6.54 Å². The number of piperidine rings is 1. The lowest BCUT2D eigenvalue weighted by Gasteiger charge is -2.37. The lowest BCUT2D eigenvalue weighted by atomic mass is 9.82. The molecule has 0 spiro atoms. The second kappa shape index (κ2) is 5.20. The van der Waals surface area contributed by atoms with Gasteiger partial charge in [0, 0.05) is 18.5 Å². The molecule has 0 aromatic rings. The summed E-state index contributed by atoms with van der Waals surface area (Å²) in [5.74, 6) is 1.64. The van der Waals surface area contributed by atoms with Gasteiger partial charge in [0.05, 0.1) is 0 Å². The highest BCUT2D eigenvalue weighted by Crippen LogP contribution is 2.31. The Morgan fingerprint density at radius 2 is 1.69 bits per heavy atom. The van der Waals surface area contributed by atoms with Gasteiger partial charge in [-0.2, -0.15) is 0 Å². The molecule has 1 aliphatic carbocycles. The molecule has 0 radical (unpaired) electrons. The summed E-state index contributed by atoms with van der Waals surface area (Å²) in [5.41, 5.74) is 0. The van der Waals surface area contributed by atoms with Gasteiger partial charge < -0.3 is 4.90 Å². The summed E-state index contributed by atoms with van der Waals surface area (Å²) in [5, 5.41) is 0. The third kappa shape index (κ3) is 2.58. The van der Waals surface area contributed by atoms with E-state index in [-0.39, 0.29) is 0 Å². The molecule has 1 saturated carbocycles. The van der Waals surface area contributed by atoms with Crippen molar-refractivity contribution in [3.8, 4) is 0 Å². The molecule has 2 heteroatoms. The minimum atomic E-state index is 0.344. The van der Waals surface area contributed by atoms with E-state index in [0.717, 1.165) is 25.3 Å². The summed E-state index contributed by atoms with van der Waals surface area (Å²) in [6.45, 7) is 5.53. The van der Waals surface area contributed by atoms with Crippen molar-refractivity contribution in [2.45, 2.75) is 64.8 Å². The van der Waals surface area contributed by atoms with E-state index in [0.29, 0.717) is 17.9 Å². The van der Waals surface area contributed by atoms with Gasteiger partial charge in [-0.05, 0) is 57.8 Å². The van der Waals surface area contributed by atoms with Gasteiger partial charge in [0.15, 0.2) is 0 Å². The number of nitrogens with zero attached hydrogens (tertiary/aromatic N) is 1. The summed E-state index contributed by atoms with van der Waals surface area (Å²) in [4.78, 5) is 14.6. The van der Waals surface area contributed by atoms with Gasteiger partial charge in [-0.15, -0.1) is 0 Å². The SMILES string of the molecule is C[C@@H]1CCCCN1C(=O)[C@H]1CC[C@@H](C)CC1. The first-order chi connectivity index (χ1) is 7.68. The average Bonchev–Trinajstić information content (AvgIpc) is 2.30. The minimum Gasteiger partial charge on any atom is -0.340 e. The second-order valence-corrected chi connectivity index (χ2v) is 5.83. The molecular formula is C14H25NO. The van der Waals surface area contributed by atoms with E-state index in [1.54, 1.807) is 0 Å². The summed E-state index contributed by atoms with van der Waals surface area (Å²) in [6.07, 6.45) is 8.46. The van der Waals surface area contributed by atoms with Crippen molar-refractivity contribution < 1.29 is 4.79 Å². The summed E-state index contributed by atoms with van der Waals surface area (Å²) < 4.78 is 0. The Kier molecular flexibility index (Phi) is 3.88. The lowest BCUT2D eigenvalue weighted by molar-refractivity contribution is -0.140. The number of rotatable bonds is 1. The number of carbonyl (C=O) groups excluding carboxylic acids is 1. The third-order valence-corrected chi connectivity index (χ3v) is 4.45. The smallest absolute Gasteiger partial charge is 0.225 e. The zero-order valence-electron chi connectivity index (χ0n) is 10.7. The lowest BCUT2D eigenvalue weighted by Crippen LogP contribution is -2.45. The molecule has 2 rings (SSSR count). The van der Waals surface area contributed by atoms with E-state index >= 15 is 0 Å². The Morgan fingerprint density at radius 1 is 1.00 bits per heavy atom. The molecule has 0 aromatic heterocycles. The quantitative estimate of drug-likeness (QED) is 0.668. The molecule has 1 heterocycles. The molecule has 1 amide bonds. The summed E-state index contributed by atoms with van der Waals surface area (Å²) in [7, 11) is 0. The number of carbonyl (C=O) groups is 1. The zero-order chi connectivity index (χ0) is 11.5. The molecule has 16 heavy (non-hydrogen) atoms. The number of amides is 1. The fourth-order valence-electron chi connectivity index (χ4n) is 3.17. The van der Waals surface area contributed by atoms with Crippen LogP contribution in [0.1, 0.15) is 58.8 Å². The maximum atomic E-state index is 12.4. The van der Waals surface area contributed by atoms with Crippen molar-refractivity contribution in [3.05, 3.63) is 0 Å². The molecule has 2 fully saturated rings. The van der Waals surface area contributed by atoms with E-state index in [4.69, 9.17) is 0 Å². The van der Waals surface area contributed by atoms with Crippen LogP contribution >= 0.6 is 0 Å². The minimum absolute atomic E-state index is 0.344. The first-order valence-electron chi connectivity index (χ1n) is 6.99. The molecule has 0 unspecified atom stereocenters. The maximum Gasteiger partial charge on any atom is 0.225 e. The Labute approximate surface area is 99.4 Å². The highest BCUT2D eigenvalue weighted by atomic mass is 16.2. The maximum absolute atomic E-state index is 12.4. The first-order valence-corrected chi connectivity index (χ1v) is 6.99. The Hall–Kier alpha value is -0.530. The van der Waals surface area contributed by atoms with Gasteiger partial charge in [0.2, 0.25) is 5.91 Å². The number of hydrogen-bond acceptors (Lipinski definition) is 1. The average molecular weight is 223 g/mol. The highest BCUT2D eigenvalue weighted by molar-refractivity contribution is 5.79. The Balaban J connectivity index is 1.90. The number of hydrogen-bond donors (Lipinski definition) is 0. The van der Waals surface area contributed by atoms with E-state index < -0.39 is 0 Å². The van der Waals surface area contributed by atoms with Gasteiger partial charge in [-0.3, -0.25) is 4.79 Å². The second-order valence-electron chi connectivity index (χ2n) is 5.83. The van der Waals surface area contributed by atoms with Gasteiger partial charge in [-0.25, -0.2) is 0 Å². The Morgan fingerprint density at radius 3 is 2.31 bits per heavy atom. The normalized spacial score (nSPS) is 36.1. The van der Waals surface area contributed by atoms with Crippen LogP contribution in [-0.2, 0) is 4.79 Å². The molecule has 0 aromatic carbocycles. The molecule has 0 N–H and O–H groups in total. The molecule has 1 atom stereocenters. The summed E-state index contributed by atoms with van der Waals surface area (Å²) in [6, 6.07) is 0.487. The zero-order valence-corrected chi connectivity index (χ0v) is 10.7. The molecule has 1 saturated heterocycles. The molecule has 2 nitrogen and oxygen atoms in total. The van der Waals surface area contributed by atoms with Crippen molar-refractivity contribution in [2.24, 2.45) is 11.8 Å². The van der Waals surface area contributed by atoms with Crippen LogP contribution in [0, 0.1) is 11.8 Å². The van der Waals surface area contributed by atoms with Crippen molar-refractivity contribution in [1.82, 2.24) is 4.90 Å². The van der Waals surface area contributed by atoms with Gasteiger partial charge in [0.1, 0.15) is 0 Å². The topological polar surface area (TPSA) is 20.3 Å². The number of likely N-dealkylation sites (tertiary alicyclic amines) is 1. The van der Waals surface area contributed by atoms with Crippen LogP contribution in [0.15, 0.2) is 0 Å². The third-order valence-electron chi connectivity index (χ3n) is 4.45. The Bertz CT molecular complexity index is 243. The van der Waals surface area contributed by atoms with Crippen LogP contribution in [0.3, 0.4) is 0 Å². The summed E-state index contributed by atoms with van der Waals surface area (Å²) >= 11 is 0. The molecule has 92 valence electrons. The molecule has 0 bridgehead atoms. The van der Waals surface area contributed by atoms with E-state index in [1.807, 2.05) is 0 Å². The van der Waals surface area contributed by atoms with Crippen molar-refractivity contribution >= 4 is 5.91 Å². The van der Waals surface area contributed by atoms with Crippen molar-refractivity contribution in [3.63, 3.8) is 0 Å². The van der Waals surface area contributed by atoms with Gasteiger partial charge in [0.25, 0.3) is 0 Å². The standard InChI is InChI=1S/C14H25NO/c1-11-6-8-13(9-7-11)14(16)15-10-4-3-5-12(15)2/h11-13H,3-10H2,1-2H3/t11-,12-,13+/m1/s1. The fourth-order valence-corrected chi connectivity index (χ4v) is 3.17. The van der Waals surface area contributed by atoms with Crippen LogP contribution in [-0.4, -0.2) is 23.4 Å². The highest BCUT2D eigenvalue weighted by Gasteiger charge is 2.31. The van der Waals surface area contributed by atoms with Crippen molar-refractivity contribution in [1.29, 1.82) is 0 Å². The molecular weight excluding hydrogens is 198 g/mol. The monoisotopic (exact) mass is 223 g/mol. The van der Waals surface area contributed by atoms with Crippen LogP contribution < -0.4 is 0 Å². The van der Waals surface area contributed by atoms with Crippen LogP contribution in [0.5, 0.6) is 0 Å². The van der Waals surface area contributed by atoms with E-state index in [2.05, 4.69) is 18.7 Å². The van der Waals surface area contributed by atoms with Gasteiger partial charge in [-0.1, -0.05) is 6.92 Å². The largest absolute Gasteiger partial charge is 0.340 e. The van der Waals surface area contributed by atoms with Crippen LogP contribution in [0.25, 0.3) is 0 Å². The fraction of sp³-hybridized carbons (Fsp3) is 0.929. The van der Waals surface area contributed by atoms with Crippen LogP contribution in [0.4, 0.5) is 0 Å². The predicted molar refractivity (Wildman–Crippen MR) is 66.1 cm³/mol. The first kappa shape index (κ1) is 11.9. The van der Waals surface area contributed by atoms with Crippen LogP contribution in [0.2, 0.25) is 0 Å². The molecule has 2 aliphatic rings. The van der Waals surface area contributed by atoms with E-state index in [9.17, 15) is 4.79 Å². The van der Waals surface area contributed by atoms with E-state index in [1.165, 1.54) is 32.1 Å². The van der Waals surface area contributed by atoms with Gasteiger partial charge >= 0.3 is 0 Å². The molecule has 1 aliphatic heterocycles. The predicted octanol–water partition coefficient (Wildman–Crippen LogP) is 3.21.